The third kappa shape index (κ3) is 19.8. The predicted octanol–water partition coefficient (Wildman–Crippen LogP) is 9.40. The van der Waals surface area contributed by atoms with Gasteiger partial charge in [0.1, 0.15) is 39.0 Å². The molecule has 0 saturated carbocycles. The van der Waals surface area contributed by atoms with Crippen LogP contribution in [0.5, 0.6) is 11.5 Å². The van der Waals surface area contributed by atoms with Crippen molar-refractivity contribution in [1.29, 1.82) is 0 Å². The molecular weight excluding hydrogens is 1230 g/mol. The molecule has 6 aromatic heterocycles. The molecule has 0 bridgehead atoms. The van der Waals surface area contributed by atoms with E-state index >= 15 is 0 Å². The number of amides is 1. The molecule has 3 aromatic carbocycles. The van der Waals surface area contributed by atoms with Gasteiger partial charge >= 0.3 is 14.2 Å². The molecule has 3 aliphatic heterocycles. The average molecular weight is 1310 g/mol. The molecule has 23 heteroatoms. The first-order valence-corrected chi connectivity index (χ1v) is 28.5. The molecule has 478 valence electrons. The lowest BCUT2D eigenvalue weighted by Gasteiger charge is -2.16. The number of halogens is 2. The van der Waals surface area contributed by atoms with Gasteiger partial charge in [0.2, 0.25) is 5.91 Å². The fraction of sp³-hybridized carbons (Fsp3) is 0.254. The quantitative estimate of drug-likeness (QED) is 0.0414. The molecule has 0 saturated heterocycles. The molecule has 9 N–H and O–H groups in total. The van der Waals surface area contributed by atoms with Crippen molar-refractivity contribution in [2.24, 2.45) is 9.98 Å². The molecule has 1 amide bonds. The van der Waals surface area contributed by atoms with Crippen molar-refractivity contribution < 1.29 is 43.6 Å². The Kier molecular flexibility index (Phi) is 30.1. The zero-order chi connectivity index (χ0) is 62.0. The first-order valence-electron chi connectivity index (χ1n) is 27.7. The summed E-state index contributed by atoms with van der Waals surface area (Å²) in [5, 5.41) is 36.5. The van der Waals surface area contributed by atoms with E-state index in [1.165, 1.54) is 27.4 Å². The summed E-state index contributed by atoms with van der Waals surface area (Å²) in [7, 11) is 4.07. The lowest BCUT2D eigenvalue weighted by atomic mass is 9.79. The number of benzene rings is 3. The van der Waals surface area contributed by atoms with Gasteiger partial charge in [-0.3, -0.25) is 9.59 Å². The van der Waals surface area contributed by atoms with Crippen LogP contribution in [0.2, 0.25) is 6.82 Å². The minimum absolute atomic E-state index is 0. The number of carbonyl (C=O) groups excluding carboxylic acids is 2. The number of hydrogen-bond donors (Lipinski definition) is 9. The van der Waals surface area contributed by atoms with Crippen molar-refractivity contribution >= 4 is 105 Å². The third-order valence-electron chi connectivity index (χ3n) is 13.7. The molecular formula is C67H86B2BrClN10O9. The summed E-state index contributed by atoms with van der Waals surface area (Å²) in [5.74, 6) is 2.81. The fourth-order valence-corrected chi connectivity index (χ4v) is 9.78. The summed E-state index contributed by atoms with van der Waals surface area (Å²) >= 11 is 3.33. The predicted molar refractivity (Wildman–Crippen MR) is 375 cm³/mol. The monoisotopic (exact) mass is 1310 g/mol. The first-order chi connectivity index (χ1) is 41.4. The van der Waals surface area contributed by atoms with E-state index in [1.807, 2.05) is 110 Å². The Balaban J connectivity index is 0.000000291. The molecule has 9 heterocycles. The summed E-state index contributed by atoms with van der Waals surface area (Å²) in [6.07, 6.45) is 12.3. The Morgan fingerprint density at radius 1 is 0.711 bits per heavy atom. The van der Waals surface area contributed by atoms with E-state index in [0.717, 1.165) is 113 Å². The zero-order valence-corrected chi connectivity index (χ0v) is 53.0. The van der Waals surface area contributed by atoms with Gasteiger partial charge < -0.3 is 73.6 Å². The lowest BCUT2D eigenvalue weighted by Crippen LogP contribution is -2.41. The largest absolute Gasteiger partial charge is 0.504 e. The van der Waals surface area contributed by atoms with Gasteiger partial charge in [-0.1, -0.05) is 76.9 Å². The number of rotatable bonds is 12. The summed E-state index contributed by atoms with van der Waals surface area (Å²) in [4.78, 5) is 48.6. The van der Waals surface area contributed by atoms with Crippen LogP contribution in [0.4, 0.5) is 0 Å². The molecule has 0 radical (unpaired) electrons. The molecule has 0 unspecified atom stereocenters. The van der Waals surface area contributed by atoms with Crippen molar-refractivity contribution in [3.63, 3.8) is 0 Å². The van der Waals surface area contributed by atoms with Gasteiger partial charge in [0.25, 0.3) is 0 Å². The van der Waals surface area contributed by atoms with Crippen LogP contribution >= 0.6 is 28.3 Å². The number of nitrogens with one attached hydrogen (secondary N) is 6. The van der Waals surface area contributed by atoms with Crippen LogP contribution in [0.15, 0.2) is 161 Å². The van der Waals surface area contributed by atoms with Crippen LogP contribution in [0.1, 0.15) is 74.8 Å². The van der Waals surface area contributed by atoms with E-state index in [0.29, 0.717) is 29.3 Å². The van der Waals surface area contributed by atoms with Crippen LogP contribution in [0.3, 0.4) is 0 Å². The third-order valence-corrected chi connectivity index (χ3v) is 14.1. The van der Waals surface area contributed by atoms with Gasteiger partial charge in [0, 0.05) is 94.1 Å². The number of aromatic amines is 5. The molecule has 3 aliphatic rings. The van der Waals surface area contributed by atoms with E-state index in [-0.39, 0.29) is 40.6 Å². The maximum atomic E-state index is 10.9. The molecule has 19 nitrogen and oxygen atoms in total. The van der Waals surface area contributed by atoms with E-state index in [9.17, 15) is 24.7 Å². The average Bonchev–Trinajstić information content (AvgIpc) is 1.94. The first kappa shape index (κ1) is 75.3. The van der Waals surface area contributed by atoms with Gasteiger partial charge in [-0.05, 0) is 135 Å². The number of para-hydroxylation sites is 3. The number of ether oxygens (including phenoxy) is 4. The second-order valence-corrected chi connectivity index (χ2v) is 20.7. The Hall–Kier alpha value is -8.92. The van der Waals surface area contributed by atoms with Crippen molar-refractivity contribution in [2.45, 2.75) is 70.6 Å². The highest BCUT2D eigenvalue weighted by molar-refractivity contribution is 9.18. The van der Waals surface area contributed by atoms with E-state index in [2.05, 4.69) is 121 Å². The molecule has 12 rings (SSSR count). The normalized spacial score (nSPS) is 13.3. The molecule has 0 spiro atoms. The number of methoxy groups -OCH3 is 4. The number of H-pyrrole nitrogens is 5. The molecule has 0 fully saturated rings. The smallest absolute Gasteiger partial charge is 0.499 e. The van der Waals surface area contributed by atoms with Crippen molar-refractivity contribution in [3.05, 3.63) is 206 Å². The van der Waals surface area contributed by atoms with Gasteiger partial charge in [-0.2, -0.15) is 0 Å². The topological polar surface area (TPSA) is 256 Å². The number of carbonyl (C=O) groups is 2. The maximum absolute atomic E-state index is 10.9. The van der Waals surface area contributed by atoms with Crippen LogP contribution in [0.25, 0.3) is 51.0 Å². The molecule has 0 aliphatic carbocycles. The molecule has 9 aromatic rings. The minimum atomic E-state index is -1.58. The van der Waals surface area contributed by atoms with Crippen molar-refractivity contribution in [3.8, 4) is 22.9 Å². The number of aliphatic imine (C=N–C) groups is 1. The second-order valence-electron chi connectivity index (χ2n) is 19.9. The van der Waals surface area contributed by atoms with Crippen LogP contribution in [-0.2, 0) is 14.3 Å². The highest BCUT2D eigenvalue weighted by Gasteiger charge is 2.23. The van der Waals surface area contributed by atoms with E-state index in [4.69, 9.17) is 23.9 Å². The Bertz CT molecular complexity index is 4120. The standard InChI is InChI=1S/C20H19N3O.C14H12N2O2.C10H15BrN2O.C9H11B2NO3.C6H9N.C5H7NO2.3CH4.ClH/c1-12-8-13(2)21-16(12)10-19-20(24-3)11-18(23-19)17-9-14-6-4-5-7-15(14)22-17;1-18-14-7-12(16-13(14)8-17)11-6-9-4-2-3-5-10(9)15-11;1-4-13(5-2)7-8-9(14-3)6-10(11)12-8;1-10(13)12-8-5-3-2-4-7(8)6-9(12)11(14)15;1-5-3-6(2)7-4-5;1-8-4-2-5(7)6-3-4;;;;/h4-11,21,23H,1-3H3;2-8,15-16H,1H3;6-7H,4-5H2,1-3H3;2-6,13-15H,1H3;3-4,7H,1-2H3;2H,3H2,1H3,(H,6,7);3*1H4;1H/b18-17?,19-10+;;8-7+;;;;;;;. The second kappa shape index (κ2) is 35.9. The van der Waals surface area contributed by atoms with Gasteiger partial charge in [0.15, 0.2) is 6.29 Å². The number of fused-ring (bicyclic) bond motifs is 3. The number of aryl methyl sites for hydroxylation is 4. The highest BCUT2D eigenvalue weighted by Crippen LogP contribution is 2.28. The van der Waals surface area contributed by atoms with Crippen molar-refractivity contribution in [2.75, 3.05) is 48.1 Å². The Morgan fingerprint density at radius 2 is 1.38 bits per heavy atom. The van der Waals surface area contributed by atoms with Gasteiger partial charge in [-0.25, -0.2) is 9.98 Å². The molecule has 0 atom stereocenters. The number of aldehydes is 1. The zero-order valence-electron chi connectivity index (χ0n) is 50.6. The van der Waals surface area contributed by atoms with Gasteiger partial charge in [-0.15, -0.1) is 12.4 Å². The highest BCUT2D eigenvalue weighted by atomic mass is 79.9. The van der Waals surface area contributed by atoms with Gasteiger partial charge in [0.05, 0.1) is 68.1 Å². The van der Waals surface area contributed by atoms with E-state index < -0.39 is 14.2 Å². The number of hydrogen-bond acceptors (Lipinski definition) is 12. The Morgan fingerprint density at radius 3 is 1.90 bits per heavy atom. The summed E-state index contributed by atoms with van der Waals surface area (Å²) in [5.41, 5.74) is 12.2. The van der Waals surface area contributed by atoms with Crippen LogP contribution < -0.4 is 41.7 Å². The van der Waals surface area contributed by atoms with E-state index in [1.54, 1.807) is 41.3 Å². The molecule has 90 heavy (non-hydrogen) atoms. The fourth-order valence-electron chi connectivity index (χ4n) is 9.38. The maximum Gasteiger partial charge on any atom is 0.504 e. The summed E-state index contributed by atoms with van der Waals surface area (Å²) < 4.78 is 23.0. The number of nitrogens with zero attached hydrogens (tertiary/aromatic N) is 4. The van der Waals surface area contributed by atoms with Crippen LogP contribution in [0, 0.1) is 27.7 Å². The van der Waals surface area contributed by atoms with Crippen molar-refractivity contribution in [1.82, 2.24) is 39.6 Å². The minimum Gasteiger partial charge on any atom is -0.499 e. The Labute approximate surface area is 542 Å². The summed E-state index contributed by atoms with van der Waals surface area (Å²) in [6.45, 7) is 16.6. The summed E-state index contributed by atoms with van der Waals surface area (Å²) in [6, 6.07) is 35.3. The number of allylic oxidation sites excluding steroid dienone is 1. The number of aromatic nitrogens is 6. The lowest BCUT2D eigenvalue weighted by molar-refractivity contribution is -0.115. The SMILES string of the molecule is C.C.C.CB(O)n1c(B(O)O)cc2ccccc21.CCN(/C=C1/N=C(Br)C=C1OC)CC.COC1=CC(=O)NC1.COc1cc(-c2cc3ccccc3[nH]2)[nH]c1C=O.COc1cc(=C2C=c3ccccc3=N2)[nH]/c1=C/c1[nH]c(C)cc1C.Cc1c[nH]c(C)c1.Cl. The van der Waals surface area contributed by atoms with Crippen LogP contribution in [-0.4, -0.2) is 128 Å².